The molecule has 0 aliphatic heterocycles. The highest BCUT2D eigenvalue weighted by atomic mass is 19.4. The Balaban J connectivity index is 2.44. The number of halogens is 3. The molecule has 0 saturated carbocycles. The lowest BCUT2D eigenvalue weighted by atomic mass is 10.1. The summed E-state index contributed by atoms with van der Waals surface area (Å²) in [5, 5.41) is 14.9. The highest BCUT2D eigenvalue weighted by molar-refractivity contribution is 5.97. The van der Waals surface area contributed by atoms with Crippen LogP contribution in [-0.4, -0.2) is 46.5 Å². The van der Waals surface area contributed by atoms with E-state index in [2.05, 4.69) is 10.4 Å². The van der Waals surface area contributed by atoms with Crippen LogP contribution < -0.4 is 5.32 Å². The third-order valence-corrected chi connectivity index (χ3v) is 3.84. The van der Waals surface area contributed by atoms with Gasteiger partial charge in [0.05, 0.1) is 17.4 Å². The van der Waals surface area contributed by atoms with Crippen molar-refractivity contribution in [3.63, 3.8) is 0 Å². The molecule has 0 bridgehead atoms. The van der Waals surface area contributed by atoms with Gasteiger partial charge in [0.2, 0.25) is 0 Å². The summed E-state index contributed by atoms with van der Waals surface area (Å²) in [4.78, 5) is 23.6. The monoisotopic (exact) mass is 385 g/mol. The van der Waals surface area contributed by atoms with Gasteiger partial charge in [-0.2, -0.15) is 18.3 Å². The lowest BCUT2D eigenvalue weighted by molar-refractivity contribution is -0.143. The Kier molecular flexibility index (Phi) is 6.21. The summed E-state index contributed by atoms with van der Waals surface area (Å²) in [5.41, 5.74) is -1.33. The second-order valence-corrected chi connectivity index (χ2v) is 5.75. The number of para-hydroxylation sites is 1. The van der Waals surface area contributed by atoms with E-state index in [0.717, 1.165) is 6.20 Å². The normalized spacial score (nSPS) is 12.6. The van der Waals surface area contributed by atoms with E-state index < -0.39 is 35.4 Å². The van der Waals surface area contributed by atoms with Gasteiger partial charge in [-0.15, -0.1) is 0 Å². The summed E-state index contributed by atoms with van der Waals surface area (Å²) < 4.78 is 46.3. The molecule has 27 heavy (non-hydrogen) atoms. The molecule has 146 valence electrons. The van der Waals surface area contributed by atoms with E-state index in [1.54, 1.807) is 25.1 Å². The van der Waals surface area contributed by atoms with Crippen LogP contribution in [0.1, 0.15) is 28.0 Å². The van der Waals surface area contributed by atoms with E-state index in [9.17, 15) is 22.8 Å². The molecular weight excluding hydrogens is 367 g/mol. The van der Waals surface area contributed by atoms with Crippen molar-refractivity contribution >= 4 is 11.9 Å². The van der Waals surface area contributed by atoms with Crippen LogP contribution in [-0.2, 0) is 15.7 Å². The average Bonchev–Trinajstić information content (AvgIpc) is 3.04. The highest BCUT2D eigenvalue weighted by Gasteiger charge is 2.41. The maximum absolute atomic E-state index is 13.6. The first-order valence-corrected chi connectivity index (χ1v) is 7.90. The van der Waals surface area contributed by atoms with Crippen LogP contribution in [0.3, 0.4) is 0 Å². The van der Waals surface area contributed by atoms with Crippen LogP contribution in [0.4, 0.5) is 13.2 Å². The summed E-state index contributed by atoms with van der Waals surface area (Å²) in [5.74, 6) is -2.55. The zero-order valence-electron chi connectivity index (χ0n) is 14.6. The van der Waals surface area contributed by atoms with Crippen molar-refractivity contribution in [1.29, 1.82) is 0 Å². The molecule has 2 rings (SSSR count). The van der Waals surface area contributed by atoms with Crippen LogP contribution >= 0.6 is 0 Å². The number of ether oxygens (including phenoxy) is 1. The molecule has 1 atom stereocenters. The van der Waals surface area contributed by atoms with Crippen molar-refractivity contribution in [3.05, 3.63) is 47.3 Å². The van der Waals surface area contributed by atoms with Crippen LogP contribution in [0.2, 0.25) is 0 Å². The standard InChI is InChI=1S/C17H18F3N3O4/c1-10-5-3-4-6-13(10)23-14(17(18,19)20)11(9-21-23)15(24)22-12(16(25)26)7-8-27-2/h3-6,9,12H,7-8H2,1-2H3,(H,22,24)(H,25,26). The number of alkyl halides is 3. The number of methoxy groups -OCH3 is 1. The summed E-state index contributed by atoms with van der Waals surface area (Å²) in [6.45, 7) is 1.63. The van der Waals surface area contributed by atoms with Gasteiger partial charge in [0.25, 0.3) is 5.91 Å². The van der Waals surface area contributed by atoms with E-state index in [1.165, 1.54) is 13.2 Å². The SMILES string of the molecule is COCCC(NC(=O)c1cnn(-c2ccccc2C)c1C(F)(F)F)C(=O)O. The number of nitrogens with one attached hydrogen (secondary N) is 1. The molecule has 0 saturated heterocycles. The number of rotatable bonds is 7. The van der Waals surface area contributed by atoms with E-state index in [-0.39, 0.29) is 18.7 Å². The smallest absolute Gasteiger partial charge is 0.434 e. The van der Waals surface area contributed by atoms with Gasteiger partial charge >= 0.3 is 12.1 Å². The number of nitrogens with zero attached hydrogens (tertiary/aromatic N) is 2. The third kappa shape index (κ3) is 4.64. The van der Waals surface area contributed by atoms with Crippen molar-refractivity contribution in [1.82, 2.24) is 15.1 Å². The molecule has 0 aliphatic rings. The molecule has 1 unspecified atom stereocenters. The largest absolute Gasteiger partial charge is 0.480 e. The minimum Gasteiger partial charge on any atom is -0.480 e. The quantitative estimate of drug-likeness (QED) is 0.764. The third-order valence-electron chi connectivity index (χ3n) is 3.84. The fraction of sp³-hybridized carbons (Fsp3) is 0.353. The number of hydrogen-bond donors (Lipinski definition) is 2. The second kappa shape index (κ2) is 8.21. The van der Waals surface area contributed by atoms with Gasteiger partial charge in [-0.1, -0.05) is 18.2 Å². The first kappa shape index (κ1) is 20.4. The van der Waals surface area contributed by atoms with Crippen LogP contribution in [0.15, 0.2) is 30.5 Å². The Bertz CT molecular complexity index is 833. The molecule has 0 spiro atoms. The second-order valence-electron chi connectivity index (χ2n) is 5.75. The van der Waals surface area contributed by atoms with Gasteiger partial charge in [0, 0.05) is 20.1 Å². The lowest BCUT2D eigenvalue weighted by Crippen LogP contribution is -2.42. The van der Waals surface area contributed by atoms with E-state index >= 15 is 0 Å². The number of aliphatic carboxylic acids is 1. The molecule has 0 radical (unpaired) electrons. The van der Waals surface area contributed by atoms with Crippen LogP contribution in [0, 0.1) is 6.92 Å². The minimum absolute atomic E-state index is 0.0197. The van der Waals surface area contributed by atoms with E-state index in [4.69, 9.17) is 9.84 Å². The lowest BCUT2D eigenvalue weighted by Gasteiger charge is -2.16. The summed E-state index contributed by atoms with van der Waals surface area (Å²) >= 11 is 0. The van der Waals surface area contributed by atoms with Crippen molar-refractivity contribution < 1.29 is 32.6 Å². The molecule has 0 fully saturated rings. The van der Waals surface area contributed by atoms with Crippen molar-refractivity contribution in [2.45, 2.75) is 25.6 Å². The molecule has 1 aromatic carbocycles. The average molecular weight is 385 g/mol. The number of carboxylic acid groups (broad SMARTS) is 1. The number of aryl methyl sites for hydroxylation is 1. The molecule has 1 heterocycles. The van der Waals surface area contributed by atoms with Crippen molar-refractivity contribution in [2.75, 3.05) is 13.7 Å². The van der Waals surface area contributed by atoms with E-state index in [0.29, 0.717) is 10.2 Å². The number of hydrogen-bond acceptors (Lipinski definition) is 4. The first-order chi connectivity index (χ1) is 12.7. The maximum Gasteiger partial charge on any atom is 0.434 e. The minimum atomic E-state index is -4.88. The maximum atomic E-state index is 13.6. The zero-order valence-corrected chi connectivity index (χ0v) is 14.6. The molecule has 2 N–H and O–H groups in total. The number of carboxylic acids is 1. The highest BCUT2D eigenvalue weighted by Crippen LogP contribution is 2.34. The predicted molar refractivity (Wildman–Crippen MR) is 88.7 cm³/mol. The van der Waals surface area contributed by atoms with Crippen LogP contribution in [0.25, 0.3) is 5.69 Å². The topological polar surface area (TPSA) is 93.5 Å². The Morgan fingerprint density at radius 3 is 2.56 bits per heavy atom. The molecular formula is C17H18F3N3O4. The van der Waals surface area contributed by atoms with Gasteiger partial charge < -0.3 is 15.2 Å². The number of carbonyl (C=O) groups excluding carboxylic acids is 1. The molecule has 1 aromatic heterocycles. The Morgan fingerprint density at radius 1 is 1.33 bits per heavy atom. The van der Waals surface area contributed by atoms with Gasteiger partial charge in [0.15, 0.2) is 5.69 Å². The molecule has 7 nitrogen and oxygen atoms in total. The fourth-order valence-corrected chi connectivity index (χ4v) is 2.50. The fourth-order valence-electron chi connectivity index (χ4n) is 2.50. The molecule has 2 aromatic rings. The Hall–Kier alpha value is -2.88. The number of aromatic nitrogens is 2. The number of amides is 1. The van der Waals surface area contributed by atoms with Crippen molar-refractivity contribution in [2.24, 2.45) is 0 Å². The Morgan fingerprint density at radius 2 is 2.00 bits per heavy atom. The summed E-state index contributed by atoms with van der Waals surface area (Å²) in [6, 6.07) is 4.88. The summed E-state index contributed by atoms with van der Waals surface area (Å²) in [6.07, 6.45) is -4.19. The molecule has 10 heteroatoms. The number of carbonyl (C=O) groups is 2. The van der Waals surface area contributed by atoms with E-state index in [1.807, 2.05) is 0 Å². The Labute approximate surface area is 152 Å². The van der Waals surface area contributed by atoms with Gasteiger partial charge in [-0.05, 0) is 18.6 Å². The van der Waals surface area contributed by atoms with Gasteiger partial charge in [-0.25, -0.2) is 9.48 Å². The molecule has 1 amide bonds. The molecule has 0 aliphatic carbocycles. The van der Waals surface area contributed by atoms with Crippen LogP contribution in [0.5, 0.6) is 0 Å². The predicted octanol–water partition coefficient (Wildman–Crippen LogP) is 2.42. The number of benzene rings is 1. The van der Waals surface area contributed by atoms with Gasteiger partial charge in [-0.3, -0.25) is 4.79 Å². The van der Waals surface area contributed by atoms with Gasteiger partial charge in [0.1, 0.15) is 6.04 Å². The first-order valence-electron chi connectivity index (χ1n) is 7.90. The summed E-state index contributed by atoms with van der Waals surface area (Å²) in [7, 11) is 1.34. The van der Waals surface area contributed by atoms with Crippen molar-refractivity contribution in [3.8, 4) is 5.69 Å². The zero-order chi connectivity index (χ0) is 20.2.